The zero-order valence-electron chi connectivity index (χ0n) is 17.8. The van der Waals surface area contributed by atoms with Crippen molar-refractivity contribution < 1.29 is 24.1 Å². The van der Waals surface area contributed by atoms with Crippen molar-refractivity contribution >= 4 is 0 Å². The van der Waals surface area contributed by atoms with Gasteiger partial charge in [0.05, 0.1) is 19.8 Å². The summed E-state index contributed by atoms with van der Waals surface area (Å²) in [7, 11) is 3.23. The Balaban J connectivity index is 1.79. The number of aliphatic hydroxyl groups excluding tert-OH is 1. The first kappa shape index (κ1) is 21.5. The molecule has 1 heterocycles. The summed E-state index contributed by atoms with van der Waals surface area (Å²) in [6.07, 6.45) is -1.12. The molecule has 0 aliphatic carbocycles. The molecule has 1 aliphatic rings. The summed E-state index contributed by atoms with van der Waals surface area (Å²) < 4.78 is 23.2. The van der Waals surface area contributed by atoms with Crippen LogP contribution in [0.25, 0.3) is 0 Å². The van der Waals surface area contributed by atoms with Gasteiger partial charge < -0.3 is 24.1 Å². The highest BCUT2D eigenvalue weighted by atomic mass is 16.7. The van der Waals surface area contributed by atoms with Crippen molar-refractivity contribution in [3.8, 4) is 5.75 Å². The third kappa shape index (κ3) is 4.36. The summed E-state index contributed by atoms with van der Waals surface area (Å²) in [6, 6.07) is 28.1. The van der Waals surface area contributed by atoms with E-state index in [-0.39, 0.29) is 6.61 Å². The lowest BCUT2D eigenvalue weighted by atomic mass is 9.80. The third-order valence-corrected chi connectivity index (χ3v) is 5.77. The van der Waals surface area contributed by atoms with Crippen LogP contribution in [0.4, 0.5) is 0 Å². The minimum absolute atomic E-state index is 0.205. The maximum absolute atomic E-state index is 10.5. The summed E-state index contributed by atoms with van der Waals surface area (Å²) >= 11 is 0. The van der Waals surface area contributed by atoms with Gasteiger partial charge in [-0.2, -0.15) is 0 Å². The molecule has 3 aromatic rings. The number of benzene rings is 3. The van der Waals surface area contributed by atoms with Crippen molar-refractivity contribution in [2.45, 2.75) is 30.5 Å². The van der Waals surface area contributed by atoms with Crippen molar-refractivity contribution in [2.24, 2.45) is 0 Å². The Bertz CT molecular complexity index is 903. The van der Waals surface area contributed by atoms with Crippen LogP contribution in [0, 0.1) is 0 Å². The summed E-state index contributed by atoms with van der Waals surface area (Å²) in [6.45, 7) is 0.205. The lowest BCUT2D eigenvalue weighted by Gasteiger charge is -2.37. The molecule has 1 fully saturated rings. The van der Waals surface area contributed by atoms with Gasteiger partial charge in [0.25, 0.3) is 0 Å². The smallest absolute Gasteiger partial charge is 0.160 e. The molecule has 5 heteroatoms. The van der Waals surface area contributed by atoms with E-state index in [0.29, 0.717) is 6.42 Å². The minimum atomic E-state index is -0.886. The lowest BCUT2D eigenvalue weighted by molar-refractivity contribution is -0.144. The Morgan fingerprint density at radius 1 is 0.839 bits per heavy atom. The SMILES string of the molecule is COc1ccc(C(OC[C@H]2O[C@H](OC)C[C@@H]2O)(c2ccccc2)c2ccccc2)cc1. The summed E-state index contributed by atoms with van der Waals surface area (Å²) in [5.74, 6) is 0.774. The average Bonchev–Trinajstić information content (AvgIpc) is 3.21. The minimum Gasteiger partial charge on any atom is -0.497 e. The molecule has 1 saturated heterocycles. The first-order chi connectivity index (χ1) is 15.2. The van der Waals surface area contributed by atoms with Gasteiger partial charge in [-0.25, -0.2) is 0 Å². The molecule has 0 saturated carbocycles. The molecule has 0 radical (unpaired) electrons. The summed E-state index contributed by atoms with van der Waals surface area (Å²) in [4.78, 5) is 0. The average molecular weight is 421 g/mol. The van der Waals surface area contributed by atoms with Gasteiger partial charge in [-0.1, -0.05) is 72.8 Å². The van der Waals surface area contributed by atoms with Crippen LogP contribution in [-0.2, 0) is 19.8 Å². The van der Waals surface area contributed by atoms with Crippen molar-refractivity contribution in [3.05, 3.63) is 102 Å². The van der Waals surface area contributed by atoms with E-state index in [9.17, 15) is 5.11 Å². The monoisotopic (exact) mass is 420 g/mol. The first-order valence-corrected chi connectivity index (χ1v) is 10.4. The third-order valence-electron chi connectivity index (χ3n) is 5.77. The van der Waals surface area contributed by atoms with Crippen LogP contribution in [0.2, 0.25) is 0 Å². The van der Waals surface area contributed by atoms with E-state index < -0.39 is 24.1 Å². The van der Waals surface area contributed by atoms with E-state index in [1.807, 2.05) is 60.7 Å². The Hall–Kier alpha value is -2.70. The zero-order valence-corrected chi connectivity index (χ0v) is 17.8. The van der Waals surface area contributed by atoms with Gasteiger partial charge in [-0.15, -0.1) is 0 Å². The van der Waals surface area contributed by atoms with Crippen LogP contribution < -0.4 is 4.74 Å². The molecule has 3 atom stereocenters. The van der Waals surface area contributed by atoms with Crippen LogP contribution in [0.3, 0.4) is 0 Å². The number of methoxy groups -OCH3 is 2. The van der Waals surface area contributed by atoms with E-state index in [0.717, 1.165) is 22.4 Å². The predicted octanol–water partition coefficient (Wildman–Crippen LogP) is 4.13. The number of aliphatic hydroxyl groups is 1. The quantitative estimate of drug-likeness (QED) is 0.556. The maximum atomic E-state index is 10.5. The second-order valence-electron chi connectivity index (χ2n) is 7.60. The molecular formula is C26H28O5. The van der Waals surface area contributed by atoms with Gasteiger partial charge in [0.1, 0.15) is 17.5 Å². The van der Waals surface area contributed by atoms with Crippen molar-refractivity contribution in [3.63, 3.8) is 0 Å². The largest absolute Gasteiger partial charge is 0.497 e. The first-order valence-electron chi connectivity index (χ1n) is 10.4. The maximum Gasteiger partial charge on any atom is 0.160 e. The van der Waals surface area contributed by atoms with Gasteiger partial charge >= 0.3 is 0 Å². The molecule has 162 valence electrons. The molecule has 0 amide bonds. The topological polar surface area (TPSA) is 57.2 Å². The molecule has 0 bridgehead atoms. The molecule has 0 aromatic heterocycles. The van der Waals surface area contributed by atoms with E-state index in [4.69, 9.17) is 18.9 Å². The number of ether oxygens (including phenoxy) is 4. The molecule has 5 nitrogen and oxygen atoms in total. The Morgan fingerprint density at radius 2 is 1.39 bits per heavy atom. The van der Waals surface area contributed by atoms with Crippen molar-refractivity contribution in [1.82, 2.24) is 0 Å². The van der Waals surface area contributed by atoms with Gasteiger partial charge in [0, 0.05) is 13.5 Å². The fourth-order valence-electron chi connectivity index (χ4n) is 4.12. The van der Waals surface area contributed by atoms with Crippen LogP contribution in [-0.4, -0.2) is 44.4 Å². The number of rotatable bonds is 8. The molecule has 0 unspecified atom stereocenters. The van der Waals surface area contributed by atoms with Crippen LogP contribution in [0.5, 0.6) is 5.75 Å². The van der Waals surface area contributed by atoms with Crippen LogP contribution in [0.15, 0.2) is 84.9 Å². The highest BCUT2D eigenvalue weighted by molar-refractivity contribution is 5.48. The summed E-state index contributed by atoms with van der Waals surface area (Å²) in [5, 5.41) is 10.5. The Morgan fingerprint density at radius 3 is 1.87 bits per heavy atom. The molecule has 4 rings (SSSR count). The highest BCUT2D eigenvalue weighted by Gasteiger charge is 2.41. The van der Waals surface area contributed by atoms with Gasteiger partial charge in [0.2, 0.25) is 0 Å². The van der Waals surface area contributed by atoms with E-state index >= 15 is 0 Å². The second kappa shape index (κ2) is 9.62. The molecule has 0 spiro atoms. The zero-order chi connectivity index (χ0) is 21.7. The standard InChI is InChI=1S/C26H28O5/c1-28-22-15-13-21(14-16-22)26(19-9-5-3-6-10-19,20-11-7-4-8-12-20)30-18-24-23(27)17-25(29-2)31-24/h3-16,23-25,27H,17-18H2,1-2H3/t23-,24+,25-/m0/s1. The molecular weight excluding hydrogens is 392 g/mol. The molecule has 3 aromatic carbocycles. The molecule has 31 heavy (non-hydrogen) atoms. The van der Waals surface area contributed by atoms with E-state index in [1.165, 1.54) is 0 Å². The number of hydrogen-bond donors (Lipinski definition) is 1. The summed E-state index contributed by atoms with van der Waals surface area (Å²) in [5.41, 5.74) is 2.05. The van der Waals surface area contributed by atoms with Gasteiger partial charge in [-0.05, 0) is 28.8 Å². The van der Waals surface area contributed by atoms with Gasteiger partial charge in [0.15, 0.2) is 6.29 Å². The lowest BCUT2D eigenvalue weighted by Crippen LogP contribution is -2.38. The van der Waals surface area contributed by atoms with Gasteiger partial charge in [-0.3, -0.25) is 0 Å². The number of hydrogen-bond acceptors (Lipinski definition) is 5. The molecule has 1 N–H and O–H groups in total. The Labute approximate surface area is 183 Å². The second-order valence-corrected chi connectivity index (χ2v) is 7.60. The van der Waals surface area contributed by atoms with Crippen molar-refractivity contribution in [2.75, 3.05) is 20.8 Å². The fourth-order valence-corrected chi connectivity index (χ4v) is 4.12. The van der Waals surface area contributed by atoms with E-state index in [2.05, 4.69) is 24.3 Å². The molecule has 1 aliphatic heterocycles. The normalized spacial score (nSPS) is 21.2. The Kier molecular flexibility index (Phi) is 6.68. The van der Waals surface area contributed by atoms with Crippen molar-refractivity contribution in [1.29, 1.82) is 0 Å². The van der Waals surface area contributed by atoms with E-state index in [1.54, 1.807) is 14.2 Å². The van der Waals surface area contributed by atoms with Crippen LogP contribution in [0.1, 0.15) is 23.1 Å². The fraction of sp³-hybridized carbons (Fsp3) is 0.308. The highest BCUT2D eigenvalue weighted by Crippen LogP contribution is 2.41. The predicted molar refractivity (Wildman–Crippen MR) is 118 cm³/mol. The van der Waals surface area contributed by atoms with Crippen LogP contribution >= 0.6 is 0 Å².